The Morgan fingerprint density at radius 1 is 1.20 bits per heavy atom. The molecule has 2 aromatic rings. The fourth-order valence-corrected chi connectivity index (χ4v) is 2.52. The van der Waals surface area contributed by atoms with Crippen molar-refractivity contribution in [1.82, 2.24) is 5.32 Å². The molecule has 0 saturated carbocycles. The lowest BCUT2D eigenvalue weighted by molar-refractivity contribution is -0.274. The Labute approximate surface area is 141 Å². The highest BCUT2D eigenvalue weighted by Gasteiger charge is 2.31. The molecular formula is C17H15F3N2O3. The lowest BCUT2D eigenvalue weighted by Gasteiger charge is -2.13. The molecule has 0 fully saturated rings. The van der Waals surface area contributed by atoms with E-state index in [0.29, 0.717) is 6.42 Å². The summed E-state index contributed by atoms with van der Waals surface area (Å²) in [5.41, 5.74) is 1.27. The number of amides is 2. The monoisotopic (exact) mass is 352 g/mol. The molecule has 8 heteroatoms. The van der Waals surface area contributed by atoms with E-state index in [-0.39, 0.29) is 18.3 Å². The van der Waals surface area contributed by atoms with Gasteiger partial charge in [-0.15, -0.1) is 13.2 Å². The maximum Gasteiger partial charge on any atom is 0.573 e. The van der Waals surface area contributed by atoms with Gasteiger partial charge in [0.2, 0.25) is 0 Å². The number of rotatable bonds is 4. The highest BCUT2D eigenvalue weighted by atomic mass is 19.4. The second kappa shape index (κ2) is 6.92. The average Bonchev–Trinajstić information content (AvgIpc) is 2.94. The molecule has 5 nitrogen and oxygen atoms in total. The van der Waals surface area contributed by atoms with Crippen LogP contribution in [-0.4, -0.2) is 25.0 Å². The molecule has 132 valence electrons. The van der Waals surface area contributed by atoms with Crippen molar-refractivity contribution in [1.29, 1.82) is 0 Å². The third-order valence-electron chi connectivity index (χ3n) is 3.53. The Bertz CT molecular complexity index is 740. The third kappa shape index (κ3) is 4.79. The zero-order chi connectivity index (χ0) is 17.9. The second-order valence-corrected chi connectivity index (χ2v) is 5.46. The van der Waals surface area contributed by atoms with Crippen LogP contribution >= 0.6 is 0 Å². The Hall–Kier alpha value is -2.90. The Kier molecular flexibility index (Phi) is 4.69. The molecule has 1 aliphatic heterocycles. The lowest BCUT2D eigenvalue weighted by Crippen LogP contribution is -2.37. The third-order valence-corrected chi connectivity index (χ3v) is 3.53. The van der Waals surface area contributed by atoms with Gasteiger partial charge in [-0.1, -0.05) is 24.3 Å². The van der Waals surface area contributed by atoms with Crippen LogP contribution in [0.5, 0.6) is 11.5 Å². The minimum absolute atomic E-state index is 0.178. The van der Waals surface area contributed by atoms with Gasteiger partial charge in [-0.05, 0) is 23.8 Å². The molecule has 0 saturated heterocycles. The normalized spacial score (nSPS) is 15.9. The van der Waals surface area contributed by atoms with Gasteiger partial charge in [-0.25, -0.2) is 4.79 Å². The van der Waals surface area contributed by atoms with Crippen molar-refractivity contribution < 1.29 is 27.4 Å². The van der Waals surface area contributed by atoms with Crippen molar-refractivity contribution in [2.45, 2.75) is 18.9 Å². The number of halogens is 3. The highest BCUT2D eigenvalue weighted by Crippen LogP contribution is 2.28. The van der Waals surface area contributed by atoms with Crippen LogP contribution in [0.15, 0.2) is 48.5 Å². The number of carbonyl (C=O) groups excluding carboxylic acids is 1. The summed E-state index contributed by atoms with van der Waals surface area (Å²) >= 11 is 0. The summed E-state index contributed by atoms with van der Waals surface area (Å²) in [5, 5.41) is 5.10. The Morgan fingerprint density at radius 2 is 2.00 bits per heavy atom. The summed E-state index contributed by atoms with van der Waals surface area (Å²) in [6.45, 7) is 0.277. The summed E-state index contributed by atoms with van der Waals surface area (Å²) < 4.78 is 46.1. The number of fused-ring (bicyclic) bond motifs is 1. The number of nitrogens with one attached hydrogen (secondary N) is 2. The van der Waals surface area contributed by atoms with E-state index >= 15 is 0 Å². The first-order valence-electron chi connectivity index (χ1n) is 7.54. The van der Waals surface area contributed by atoms with Gasteiger partial charge in [0.05, 0.1) is 6.54 Å². The van der Waals surface area contributed by atoms with Crippen molar-refractivity contribution in [2.75, 3.05) is 11.9 Å². The molecule has 0 aliphatic carbocycles. The molecule has 0 bridgehead atoms. The maximum atomic E-state index is 12.2. The van der Waals surface area contributed by atoms with Gasteiger partial charge in [-0.2, -0.15) is 0 Å². The number of benzene rings is 2. The number of anilines is 1. The molecule has 1 atom stereocenters. The summed E-state index contributed by atoms with van der Waals surface area (Å²) in [4.78, 5) is 11.9. The first-order chi connectivity index (χ1) is 11.9. The van der Waals surface area contributed by atoms with Crippen LogP contribution in [0.4, 0.5) is 23.7 Å². The summed E-state index contributed by atoms with van der Waals surface area (Å²) in [6, 6.07) is 12.1. The average molecular weight is 352 g/mol. The number of urea groups is 1. The van der Waals surface area contributed by atoms with Gasteiger partial charge >= 0.3 is 12.4 Å². The van der Waals surface area contributed by atoms with Crippen LogP contribution in [0.3, 0.4) is 0 Å². The zero-order valence-corrected chi connectivity index (χ0v) is 13.0. The number of hydrogen-bond donors (Lipinski definition) is 2. The number of ether oxygens (including phenoxy) is 2. The summed E-state index contributed by atoms with van der Waals surface area (Å²) in [7, 11) is 0. The van der Waals surface area contributed by atoms with Gasteiger partial charge in [0.15, 0.2) is 0 Å². The SMILES string of the molecule is O=C(NCC1Cc2ccccc2O1)Nc1cccc(OC(F)(F)F)c1. The molecule has 3 rings (SSSR count). The van der Waals surface area contributed by atoms with E-state index in [2.05, 4.69) is 15.4 Å². The van der Waals surface area contributed by atoms with Crippen molar-refractivity contribution in [3.8, 4) is 11.5 Å². The minimum Gasteiger partial charge on any atom is -0.488 e. The van der Waals surface area contributed by atoms with Crippen molar-refractivity contribution in [3.63, 3.8) is 0 Å². The minimum atomic E-state index is -4.78. The van der Waals surface area contributed by atoms with Crippen LogP contribution in [0.25, 0.3) is 0 Å². The van der Waals surface area contributed by atoms with E-state index in [1.54, 1.807) is 0 Å². The lowest BCUT2D eigenvalue weighted by atomic mass is 10.1. The van der Waals surface area contributed by atoms with Crippen molar-refractivity contribution in [2.24, 2.45) is 0 Å². The molecule has 2 amide bonds. The van der Waals surface area contributed by atoms with Gasteiger partial charge < -0.3 is 20.1 Å². The number of carbonyl (C=O) groups is 1. The van der Waals surface area contributed by atoms with E-state index in [9.17, 15) is 18.0 Å². The second-order valence-electron chi connectivity index (χ2n) is 5.46. The smallest absolute Gasteiger partial charge is 0.488 e. The van der Waals surface area contributed by atoms with Gasteiger partial charge in [0, 0.05) is 18.2 Å². The van der Waals surface area contributed by atoms with E-state index in [1.807, 2.05) is 24.3 Å². The van der Waals surface area contributed by atoms with E-state index in [4.69, 9.17) is 4.74 Å². The fraction of sp³-hybridized carbons (Fsp3) is 0.235. The van der Waals surface area contributed by atoms with E-state index < -0.39 is 18.1 Å². The Balaban J connectivity index is 1.49. The van der Waals surface area contributed by atoms with Crippen molar-refractivity contribution in [3.05, 3.63) is 54.1 Å². The summed E-state index contributed by atoms with van der Waals surface area (Å²) in [6.07, 6.45) is -4.27. The van der Waals surface area contributed by atoms with Crippen LogP contribution in [0.2, 0.25) is 0 Å². The largest absolute Gasteiger partial charge is 0.573 e. The first-order valence-corrected chi connectivity index (χ1v) is 7.54. The molecule has 1 unspecified atom stereocenters. The maximum absolute atomic E-state index is 12.2. The number of para-hydroxylation sites is 1. The molecule has 2 aromatic carbocycles. The van der Waals surface area contributed by atoms with Gasteiger partial charge in [-0.3, -0.25) is 0 Å². The number of alkyl halides is 3. The zero-order valence-electron chi connectivity index (χ0n) is 13.0. The van der Waals surface area contributed by atoms with Gasteiger partial charge in [0.1, 0.15) is 17.6 Å². The number of hydrogen-bond acceptors (Lipinski definition) is 3. The molecule has 1 heterocycles. The standard InChI is InChI=1S/C17H15F3N2O3/c18-17(19,20)25-13-6-3-5-12(9-13)22-16(23)21-10-14-8-11-4-1-2-7-15(11)24-14/h1-7,9,14H,8,10H2,(H2,21,22,23). The molecule has 25 heavy (non-hydrogen) atoms. The van der Waals surface area contributed by atoms with E-state index in [1.165, 1.54) is 12.1 Å². The first kappa shape index (κ1) is 16.9. The molecule has 2 N–H and O–H groups in total. The molecular weight excluding hydrogens is 337 g/mol. The van der Waals surface area contributed by atoms with Gasteiger partial charge in [0.25, 0.3) is 0 Å². The predicted molar refractivity (Wildman–Crippen MR) is 84.7 cm³/mol. The Morgan fingerprint density at radius 3 is 2.76 bits per heavy atom. The molecule has 0 spiro atoms. The van der Waals surface area contributed by atoms with Crippen LogP contribution in [-0.2, 0) is 6.42 Å². The highest BCUT2D eigenvalue weighted by molar-refractivity contribution is 5.89. The molecule has 0 aromatic heterocycles. The van der Waals surface area contributed by atoms with Crippen LogP contribution in [0, 0.1) is 0 Å². The topological polar surface area (TPSA) is 59.6 Å². The van der Waals surface area contributed by atoms with Crippen molar-refractivity contribution >= 4 is 11.7 Å². The molecule has 0 radical (unpaired) electrons. The quantitative estimate of drug-likeness (QED) is 0.882. The van der Waals surface area contributed by atoms with Crippen LogP contribution < -0.4 is 20.1 Å². The fourth-order valence-electron chi connectivity index (χ4n) is 2.52. The van der Waals surface area contributed by atoms with Crippen LogP contribution in [0.1, 0.15) is 5.56 Å². The summed E-state index contributed by atoms with van der Waals surface area (Å²) in [5.74, 6) is 0.395. The van der Waals surface area contributed by atoms with E-state index in [0.717, 1.165) is 23.4 Å². The molecule has 1 aliphatic rings. The predicted octanol–water partition coefficient (Wildman–Crippen LogP) is 3.71.